The fourth-order valence-corrected chi connectivity index (χ4v) is 9.38. The summed E-state index contributed by atoms with van der Waals surface area (Å²) < 4.78 is 4.82. The molecule has 0 unspecified atom stereocenters. The second kappa shape index (κ2) is 14.8. The molecule has 9 aromatic carbocycles. The van der Waals surface area contributed by atoms with Crippen molar-refractivity contribution in [1.29, 1.82) is 0 Å². The lowest BCUT2D eigenvalue weighted by Crippen LogP contribution is -1.96. The highest BCUT2D eigenvalue weighted by Crippen LogP contribution is 2.40. The lowest BCUT2D eigenvalue weighted by molar-refractivity contribution is 1.17. The Morgan fingerprint density at radius 3 is 1.37 bits per heavy atom. The Morgan fingerprint density at radius 1 is 0.258 bits per heavy atom. The van der Waals surface area contributed by atoms with E-state index >= 15 is 0 Å². The number of hydrogen-bond donors (Lipinski definition) is 0. The normalized spacial score (nSPS) is 11.5. The molecular formula is C59H39N3. The largest absolute Gasteiger partial charge is 0.309 e. The van der Waals surface area contributed by atoms with E-state index in [2.05, 4.69) is 234 Å². The van der Waals surface area contributed by atoms with Gasteiger partial charge in [0.05, 0.1) is 33.5 Å². The van der Waals surface area contributed by atoms with E-state index in [-0.39, 0.29) is 0 Å². The van der Waals surface area contributed by atoms with Crippen LogP contribution < -0.4 is 0 Å². The molecule has 0 aliphatic carbocycles. The predicted octanol–water partition coefficient (Wildman–Crippen LogP) is 15.6. The summed E-state index contributed by atoms with van der Waals surface area (Å²) >= 11 is 0. The number of pyridine rings is 1. The van der Waals surface area contributed by atoms with Gasteiger partial charge in [0.1, 0.15) is 0 Å². The van der Waals surface area contributed by atoms with E-state index in [1.807, 2.05) is 12.1 Å². The van der Waals surface area contributed by atoms with E-state index in [0.29, 0.717) is 0 Å². The zero-order valence-corrected chi connectivity index (χ0v) is 33.9. The van der Waals surface area contributed by atoms with Crippen molar-refractivity contribution in [3.05, 3.63) is 237 Å². The lowest BCUT2D eigenvalue weighted by atomic mass is 9.97. The van der Waals surface area contributed by atoms with Crippen LogP contribution in [0.5, 0.6) is 0 Å². The highest BCUT2D eigenvalue weighted by atomic mass is 15.0. The molecule has 0 spiro atoms. The van der Waals surface area contributed by atoms with Crippen molar-refractivity contribution in [1.82, 2.24) is 14.1 Å². The Labute approximate surface area is 360 Å². The van der Waals surface area contributed by atoms with E-state index in [4.69, 9.17) is 4.98 Å². The molecule has 0 aliphatic heterocycles. The maximum absolute atomic E-state index is 5.09. The molecule has 0 N–H and O–H groups in total. The third-order valence-corrected chi connectivity index (χ3v) is 12.3. The molecule has 62 heavy (non-hydrogen) atoms. The second-order valence-electron chi connectivity index (χ2n) is 16.0. The molecule has 0 aliphatic rings. The van der Waals surface area contributed by atoms with Gasteiger partial charge in [-0.1, -0.05) is 176 Å². The summed E-state index contributed by atoms with van der Waals surface area (Å²) in [6.07, 6.45) is 0. The van der Waals surface area contributed by atoms with Crippen molar-refractivity contribution < 1.29 is 0 Å². The zero-order valence-electron chi connectivity index (χ0n) is 33.9. The molecule has 3 heterocycles. The smallest absolute Gasteiger partial charge is 0.0715 e. The van der Waals surface area contributed by atoms with E-state index in [1.165, 1.54) is 65.9 Å². The average molecular weight is 790 g/mol. The summed E-state index contributed by atoms with van der Waals surface area (Å²) in [6, 6.07) is 85.1. The number of para-hydroxylation sites is 4. The van der Waals surface area contributed by atoms with E-state index in [0.717, 1.165) is 45.0 Å². The van der Waals surface area contributed by atoms with Gasteiger partial charge in [0, 0.05) is 49.6 Å². The van der Waals surface area contributed by atoms with Crippen LogP contribution >= 0.6 is 0 Å². The maximum Gasteiger partial charge on any atom is 0.0715 e. The van der Waals surface area contributed by atoms with Crippen LogP contribution in [-0.4, -0.2) is 14.1 Å². The van der Waals surface area contributed by atoms with E-state index < -0.39 is 0 Å². The first-order valence-electron chi connectivity index (χ1n) is 21.2. The standard InChI is InChI=1S/C59H39N3/c1-4-15-43(16-5-1)54-38-46(39-55(60-54)44-17-6-2-7-18-44)41-29-27-40(28-30-41)45-33-36-58-53(37-45)51-22-11-12-25-56(51)61(58)48-34-31-42(32-35-48)49-23-14-24-52-50-21-10-13-26-57(50)62(59(49)52)47-19-8-3-9-20-47/h1-39H. The Kier molecular flexibility index (Phi) is 8.50. The second-order valence-corrected chi connectivity index (χ2v) is 16.0. The molecule has 12 aromatic rings. The monoisotopic (exact) mass is 789 g/mol. The molecule has 0 saturated carbocycles. The maximum atomic E-state index is 5.09. The fourth-order valence-electron chi connectivity index (χ4n) is 9.38. The Bertz CT molecular complexity index is 3520. The van der Waals surface area contributed by atoms with Gasteiger partial charge in [0.2, 0.25) is 0 Å². The van der Waals surface area contributed by atoms with Crippen LogP contribution in [0.25, 0.3) is 111 Å². The van der Waals surface area contributed by atoms with Gasteiger partial charge in [-0.3, -0.25) is 0 Å². The number of rotatable bonds is 7. The summed E-state index contributed by atoms with van der Waals surface area (Å²) in [7, 11) is 0. The third-order valence-electron chi connectivity index (χ3n) is 12.3. The first-order chi connectivity index (χ1) is 30.7. The van der Waals surface area contributed by atoms with Crippen LogP contribution in [0.15, 0.2) is 237 Å². The molecule has 0 atom stereocenters. The van der Waals surface area contributed by atoms with Crippen LogP contribution in [0.4, 0.5) is 0 Å². The van der Waals surface area contributed by atoms with Gasteiger partial charge in [-0.25, -0.2) is 4.98 Å². The van der Waals surface area contributed by atoms with Crippen LogP contribution in [0.2, 0.25) is 0 Å². The Balaban J connectivity index is 0.916. The van der Waals surface area contributed by atoms with Gasteiger partial charge in [0.15, 0.2) is 0 Å². The van der Waals surface area contributed by atoms with Crippen molar-refractivity contribution >= 4 is 43.6 Å². The molecule has 12 rings (SSSR count). The fraction of sp³-hybridized carbons (Fsp3) is 0. The number of hydrogen-bond acceptors (Lipinski definition) is 1. The first-order valence-corrected chi connectivity index (χ1v) is 21.2. The zero-order chi connectivity index (χ0) is 41.0. The third kappa shape index (κ3) is 6.02. The predicted molar refractivity (Wildman–Crippen MR) is 260 cm³/mol. The average Bonchev–Trinajstić information content (AvgIpc) is 3.88. The van der Waals surface area contributed by atoms with Gasteiger partial charge >= 0.3 is 0 Å². The van der Waals surface area contributed by atoms with Crippen molar-refractivity contribution in [2.75, 3.05) is 0 Å². The molecule has 0 radical (unpaired) electrons. The minimum absolute atomic E-state index is 0.965. The van der Waals surface area contributed by atoms with Gasteiger partial charge in [-0.05, 0) is 88.5 Å². The van der Waals surface area contributed by atoms with Gasteiger partial charge in [-0.15, -0.1) is 0 Å². The summed E-state index contributed by atoms with van der Waals surface area (Å²) in [6.45, 7) is 0. The van der Waals surface area contributed by atoms with Crippen LogP contribution in [0, 0.1) is 0 Å². The number of fused-ring (bicyclic) bond motifs is 6. The molecule has 3 nitrogen and oxygen atoms in total. The summed E-state index contributed by atoms with van der Waals surface area (Å²) in [5.41, 5.74) is 18.3. The van der Waals surface area contributed by atoms with Crippen molar-refractivity contribution in [2.45, 2.75) is 0 Å². The SMILES string of the molecule is c1ccc(-c2cc(-c3ccc(-c4ccc5c(c4)c4ccccc4n5-c4ccc(-c5cccc6c7ccccc7n(-c7ccccc7)c56)cc4)cc3)cc(-c3ccccc3)n2)cc1. The number of benzene rings is 9. The molecule has 0 saturated heterocycles. The van der Waals surface area contributed by atoms with Crippen LogP contribution in [0.3, 0.4) is 0 Å². The van der Waals surface area contributed by atoms with Crippen molar-refractivity contribution in [3.63, 3.8) is 0 Å². The van der Waals surface area contributed by atoms with Crippen molar-refractivity contribution in [2.24, 2.45) is 0 Å². The quantitative estimate of drug-likeness (QED) is 0.158. The number of aromatic nitrogens is 3. The van der Waals surface area contributed by atoms with Gasteiger partial charge < -0.3 is 9.13 Å². The Hall–Kier alpha value is -8.27. The molecular weight excluding hydrogens is 751 g/mol. The highest BCUT2D eigenvalue weighted by molar-refractivity contribution is 6.14. The van der Waals surface area contributed by atoms with E-state index in [1.54, 1.807) is 0 Å². The van der Waals surface area contributed by atoms with E-state index in [9.17, 15) is 0 Å². The van der Waals surface area contributed by atoms with Gasteiger partial charge in [0.25, 0.3) is 0 Å². The molecule has 290 valence electrons. The lowest BCUT2D eigenvalue weighted by Gasteiger charge is -2.13. The molecule has 3 heteroatoms. The Morgan fingerprint density at radius 2 is 0.726 bits per heavy atom. The molecule has 0 fully saturated rings. The minimum Gasteiger partial charge on any atom is -0.309 e. The summed E-state index contributed by atoms with van der Waals surface area (Å²) in [5, 5.41) is 4.98. The minimum atomic E-state index is 0.965. The summed E-state index contributed by atoms with van der Waals surface area (Å²) in [4.78, 5) is 5.09. The molecule has 3 aromatic heterocycles. The van der Waals surface area contributed by atoms with Crippen LogP contribution in [0.1, 0.15) is 0 Å². The van der Waals surface area contributed by atoms with Crippen LogP contribution in [-0.2, 0) is 0 Å². The topological polar surface area (TPSA) is 22.8 Å². The molecule has 0 bridgehead atoms. The molecule has 0 amide bonds. The van der Waals surface area contributed by atoms with Crippen molar-refractivity contribution in [3.8, 4) is 67.3 Å². The van der Waals surface area contributed by atoms with Gasteiger partial charge in [-0.2, -0.15) is 0 Å². The highest BCUT2D eigenvalue weighted by Gasteiger charge is 2.18. The first kappa shape index (κ1) is 35.7. The summed E-state index contributed by atoms with van der Waals surface area (Å²) in [5.74, 6) is 0. The number of nitrogens with zero attached hydrogens (tertiary/aromatic N) is 3.